The first-order valence-electron chi connectivity index (χ1n) is 6.57. The molecule has 1 rings (SSSR count). The van der Waals surface area contributed by atoms with Crippen LogP contribution in [0.5, 0.6) is 0 Å². The molecule has 1 saturated carbocycles. The largest absolute Gasteiger partial charge is 0.444 e. The van der Waals surface area contributed by atoms with E-state index in [4.69, 9.17) is 10.5 Å². The number of carbonyl (C=O) groups excluding carboxylic acids is 1. The minimum Gasteiger partial charge on any atom is -0.444 e. The molecule has 0 heterocycles. The van der Waals surface area contributed by atoms with Crippen molar-refractivity contribution in [1.82, 2.24) is 5.32 Å². The van der Waals surface area contributed by atoms with E-state index in [1.807, 2.05) is 20.8 Å². The molecule has 0 aromatic carbocycles. The number of nitrogens with one attached hydrogen (secondary N) is 1. The number of halogens is 1. The van der Waals surface area contributed by atoms with E-state index in [-0.39, 0.29) is 18.5 Å². The van der Waals surface area contributed by atoms with Crippen LogP contribution in [-0.2, 0) is 4.74 Å². The Balaban J connectivity index is 0.00000289. The van der Waals surface area contributed by atoms with Crippen LogP contribution in [0.4, 0.5) is 4.79 Å². The van der Waals surface area contributed by atoms with Gasteiger partial charge < -0.3 is 15.8 Å². The van der Waals surface area contributed by atoms with Gasteiger partial charge in [-0.1, -0.05) is 6.42 Å². The minimum absolute atomic E-state index is 0. The Kier molecular flexibility index (Phi) is 7.64. The van der Waals surface area contributed by atoms with Crippen LogP contribution in [0.15, 0.2) is 0 Å². The van der Waals surface area contributed by atoms with Gasteiger partial charge in [0.2, 0.25) is 0 Å². The second-order valence-corrected chi connectivity index (χ2v) is 6.02. The predicted molar refractivity (Wildman–Crippen MR) is 76.0 cm³/mol. The molecule has 0 aromatic heterocycles. The molecule has 2 atom stereocenters. The summed E-state index contributed by atoms with van der Waals surface area (Å²) in [6, 6.07) is 0. The van der Waals surface area contributed by atoms with E-state index in [1.54, 1.807) is 0 Å². The fraction of sp³-hybridized carbons (Fsp3) is 0.923. The molecule has 0 saturated heterocycles. The van der Waals surface area contributed by atoms with Crippen LogP contribution < -0.4 is 11.1 Å². The van der Waals surface area contributed by atoms with Crippen molar-refractivity contribution in [2.24, 2.45) is 17.6 Å². The second-order valence-electron chi connectivity index (χ2n) is 6.02. The first kappa shape index (κ1) is 17.5. The third-order valence-corrected chi connectivity index (χ3v) is 3.16. The normalized spacial score (nSPS) is 24.0. The van der Waals surface area contributed by atoms with Crippen molar-refractivity contribution in [1.29, 1.82) is 0 Å². The standard InChI is InChI=1S/C13H26N2O2.ClH/c1-13(2,3)17-12(16)15-9-11-6-4-5-10(7-11)8-14;/h10-11H,4-9,14H2,1-3H3,(H,15,16);1H/t10-,11+;/m1./s1. The van der Waals surface area contributed by atoms with E-state index in [0.717, 1.165) is 13.0 Å². The third-order valence-electron chi connectivity index (χ3n) is 3.16. The van der Waals surface area contributed by atoms with Crippen LogP contribution in [0, 0.1) is 11.8 Å². The summed E-state index contributed by atoms with van der Waals surface area (Å²) in [5, 5.41) is 2.85. The molecule has 0 bridgehead atoms. The van der Waals surface area contributed by atoms with Crippen molar-refractivity contribution in [3.8, 4) is 0 Å². The highest BCUT2D eigenvalue weighted by atomic mass is 35.5. The summed E-state index contributed by atoms with van der Waals surface area (Å²) in [5.74, 6) is 1.19. The highest BCUT2D eigenvalue weighted by Gasteiger charge is 2.22. The predicted octanol–water partition coefficient (Wildman–Crippen LogP) is 2.70. The zero-order valence-electron chi connectivity index (χ0n) is 11.7. The second kappa shape index (κ2) is 7.85. The van der Waals surface area contributed by atoms with Crippen molar-refractivity contribution in [3.05, 3.63) is 0 Å². The van der Waals surface area contributed by atoms with Crippen LogP contribution in [0.3, 0.4) is 0 Å². The first-order chi connectivity index (χ1) is 7.90. The summed E-state index contributed by atoms with van der Waals surface area (Å²) in [6.07, 6.45) is 4.47. The number of carbonyl (C=O) groups is 1. The van der Waals surface area contributed by atoms with E-state index >= 15 is 0 Å². The van der Waals surface area contributed by atoms with E-state index < -0.39 is 5.60 Å². The van der Waals surface area contributed by atoms with Crippen molar-refractivity contribution in [3.63, 3.8) is 0 Å². The summed E-state index contributed by atoms with van der Waals surface area (Å²) in [4.78, 5) is 11.5. The topological polar surface area (TPSA) is 64.3 Å². The molecule has 0 aromatic rings. The number of amides is 1. The average molecular weight is 279 g/mol. The molecule has 0 unspecified atom stereocenters. The molecule has 5 heteroatoms. The summed E-state index contributed by atoms with van der Waals surface area (Å²) < 4.78 is 5.21. The van der Waals surface area contributed by atoms with Gasteiger partial charge in [-0.3, -0.25) is 0 Å². The molecule has 3 N–H and O–H groups in total. The Morgan fingerprint density at radius 3 is 2.50 bits per heavy atom. The van der Waals surface area contributed by atoms with Gasteiger partial charge in [-0.15, -0.1) is 12.4 Å². The number of nitrogens with two attached hydrogens (primary N) is 1. The fourth-order valence-electron chi connectivity index (χ4n) is 2.34. The molecule has 0 spiro atoms. The van der Waals surface area contributed by atoms with Crippen molar-refractivity contribution < 1.29 is 9.53 Å². The van der Waals surface area contributed by atoms with Gasteiger partial charge in [0.05, 0.1) is 0 Å². The molecule has 1 amide bonds. The lowest BCUT2D eigenvalue weighted by Gasteiger charge is -2.28. The van der Waals surface area contributed by atoms with Gasteiger partial charge >= 0.3 is 6.09 Å². The molecular weight excluding hydrogens is 252 g/mol. The molecule has 0 aliphatic heterocycles. The van der Waals surface area contributed by atoms with Gasteiger partial charge in [0, 0.05) is 6.54 Å². The first-order valence-corrected chi connectivity index (χ1v) is 6.57. The van der Waals surface area contributed by atoms with Gasteiger partial charge in [0.1, 0.15) is 5.60 Å². The summed E-state index contributed by atoms with van der Waals surface area (Å²) in [5.41, 5.74) is 5.27. The number of hydrogen-bond donors (Lipinski definition) is 2. The van der Waals surface area contributed by atoms with Crippen LogP contribution in [0.25, 0.3) is 0 Å². The molecule has 1 aliphatic rings. The van der Waals surface area contributed by atoms with E-state index in [1.165, 1.54) is 19.3 Å². The highest BCUT2D eigenvalue weighted by molar-refractivity contribution is 5.85. The molecule has 18 heavy (non-hydrogen) atoms. The van der Waals surface area contributed by atoms with Gasteiger partial charge in [0.25, 0.3) is 0 Å². The number of ether oxygens (including phenoxy) is 1. The maximum absolute atomic E-state index is 11.5. The zero-order chi connectivity index (χ0) is 12.9. The number of alkyl carbamates (subject to hydrolysis) is 1. The van der Waals surface area contributed by atoms with Crippen LogP contribution in [0.1, 0.15) is 46.5 Å². The van der Waals surface area contributed by atoms with Gasteiger partial charge in [-0.05, 0) is 58.4 Å². The molecule has 108 valence electrons. The van der Waals surface area contributed by atoms with Crippen molar-refractivity contribution in [2.75, 3.05) is 13.1 Å². The Hall–Kier alpha value is -0.480. The van der Waals surface area contributed by atoms with E-state index in [9.17, 15) is 4.79 Å². The Morgan fingerprint density at radius 1 is 1.33 bits per heavy atom. The molecular formula is C13H27ClN2O2. The van der Waals surface area contributed by atoms with E-state index in [2.05, 4.69) is 5.32 Å². The van der Waals surface area contributed by atoms with Crippen molar-refractivity contribution >= 4 is 18.5 Å². The lowest BCUT2D eigenvalue weighted by atomic mass is 9.81. The SMILES string of the molecule is CC(C)(C)OC(=O)NC[C@H]1CCC[C@@H](CN)C1.Cl. The fourth-order valence-corrected chi connectivity index (χ4v) is 2.34. The monoisotopic (exact) mass is 278 g/mol. The Labute approximate surface area is 116 Å². The lowest BCUT2D eigenvalue weighted by Crippen LogP contribution is -2.37. The molecule has 1 aliphatic carbocycles. The van der Waals surface area contributed by atoms with Crippen LogP contribution in [0.2, 0.25) is 0 Å². The third kappa shape index (κ3) is 7.07. The average Bonchev–Trinajstić information content (AvgIpc) is 2.24. The van der Waals surface area contributed by atoms with Gasteiger partial charge in [0.15, 0.2) is 0 Å². The quantitative estimate of drug-likeness (QED) is 0.834. The zero-order valence-corrected chi connectivity index (χ0v) is 12.5. The van der Waals surface area contributed by atoms with Gasteiger partial charge in [-0.2, -0.15) is 0 Å². The minimum atomic E-state index is -0.420. The lowest BCUT2D eigenvalue weighted by molar-refractivity contribution is 0.0512. The molecule has 0 radical (unpaired) electrons. The maximum Gasteiger partial charge on any atom is 0.407 e. The summed E-state index contributed by atoms with van der Waals surface area (Å²) >= 11 is 0. The summed E-state index contributed by atoms with van der Waals surface area (Å²) in [6.45, 7) is 7.10. The Morgan fingerprint density at radius 2 is 1.94 bits per heavy atom. The van der Waals surface area contributed by atoms with Crippen LogP contribution in [-0.4, -0.2) is 24.8 Å². The van der Waals surface area contributed by atoms with Crippen LogP contribution >= 0.6 is 12.4 Å². The highest BCUT2D eigenvalue weighted by Crippen LogP contribution is 2.27. The summed E-state index contributed by atoms with van der Waals surface area (Å²) in [7, 11) is 0. The van der Waals surface area contributed by atoms with Crippen molar-refractivity contribution in [2.45, 2.75) is 52.1 Å². The van der Waals surface area contributed by atoms with Gasteiger partial charge in [-0.25, -0.2) is 4.79 Å². The smallest absolute Gasteiger partial charge is 0.407 e. The molecule has 4 nitrogen and oxygen atoms in total. The number of rotatable bonds is 3. The number of hydrogen-bond acceptors (Lipinski definition) is 3. The molecule has 1 fully saturated rings. The van der Waals surface area contributed by atoms with E-state index in [0.29, 0.717) is 18.4 Å². The Bertz CT molecular complexity index is 254. The maximum atomic E-state index is 11.5.